The van der Waals surface area contributed by atoms with Gasteiger partial charge in [-0.15, -0.1) is 0 Å². The summed E-state index contributed by atoms with van der Waals surface area (Å²) in [6.07, 6.45) is 3.38. The van der Waals surface area contributed by atoms with Crippen molar-refractivity contribution in [2.45, 2.75) is 57.4 Å². The minimum Gasteiger partial charge on any atom is -0.490 e. The Bertz CT molecular complexity index is 907. The Morgan fingerprint density at radius 2 is 1.84 bits per heavy atom. The maximum atomic E-state index is 12.8. The number of hydrogen-bond donors (Lipinski definition) is 2. The van der Waals surface area contributed by atoms with E-state index in [0.29, 0.717) is 49.0 Å². The maximum Gasteiger partial charge on any atom is 0.344 e. The molecule has 1 aromatic carbocycles. The van der Waals surface area contributed by atoms with Gasteiger partial charge in [-0.2, -0.15) is 5.01 Å². The lowest BCUT2D eigenvalue weighted by Gasteiger charge is -2.33. The van der Waals surface area contributed by atoms with E-state index >= 15 is 0 Å². The zero-order valence-electron chi connectivity index (χ0n) is 17.6. The molecule has 0 aromatic heterocycles. The summed E-state index contributed by atoms with van der Waals surface area (Å²) in [6.45, 7) is 3.19. The summed E-state index contributed by atoms with van der Waals surface area (Å²) in [4.78, 5) is 49.9. The van der Waals surface area contributed by atoms with Gasteiger partial charge in [0.25, 0.3) is 5.91 Å². The third-order valence-electron chi connectivity index (χ3n) is 6.17. The number of hydrogen-bond acceptors (Lipinski definition) is 6. The number of imide groups is 1. The normalized spacial score (nSPS) is 25.2. The second-order valence-corrected chi connectivity index (χ2v) is 8.51. The van der Waals surface area contributed by atoms with Crippen LogP contribution in [0, 0.1) is 5.92 Å². The molecule has 0 atom stereocenters. The third-order valence-corrected chi connectivity index (χ3v) is 6.17. The zero-order valence-corrected chi connectivity index (χ0v) is 17.6. The van der Waals surface area contributed by atoms with Gasteiger partial charge in [0.05, 0.1) is 13.2 Å². The first-order chi connectivity index (χ1) is 14.9. The molecule has 0 unspecified atom stereocenters. The highest BCUT2D eigenvalue weighted by molar-refractivity contribution is 6.08. The van der Waals surface area contributed by atoms with Crippen LogP contribution in [0.1, 0.15) is 62.2 Å². The molecule has 31 heavy (non-hydrogen) atoms. The first kappa shape index (κ1) is 21.1. The van der Waals surface area contributed by atoms with Crippen molar-refractivity contribution in [1.29, 1.82) is 0 Å². The smallest absolute Gasteiger partial charge is 0.344 e. The van der Waals surface area contributed by atoms with Crippen LogP contribution >= 0.6 is 0 Å². The summed E-state index contributed by atoms with van der Waals surface area (Å²) in [5.74, 6) is 0.394. The number of carbonyl (C=O) groups is 4. The standard InChI is InChI=1S/C22H27N3O6/c1-14-7-9-22(10-8-14)20(28)25(21(29)23-22)24-19(27)6-4-16(26)15-3-5-17-18(13-15)31-12-2-11-30-17/h3,5,13-14H,2,4,6-12H2,1H3,(H,23,29)(H,24,27). The Morgan fingerprint density at radius 3 is 2.58 bits per heavy atom. The molecule has 1 saturated heterocycles. The third kappa shape index (κ3) is 4.35. The van der Waals surface area contributed by atoms with Crippen LogP contribution in [-0.2, 0) is 9.59 Å². The molecule has 1 aromatic rings. The number of rotatable bonds is 5. The van der Waals surface area contributed by atoms with Gasteiger partial charge in [0.1, 0.15) is 5.54 Å². The molecular formula is C22H27N3O6. The Hall–Kier alpha value is -3.10. The number of hydrazine groups is 1. The van der Waals surface area contributed by atoms with Crippen LogP contribution in [0.5, 0.6) is 11.5 Å². The molecule has 2 N–H and O–H groups in total. The van der Waals surface area contributed by atoms with Crippen molar-refractivity contribution in [3.8, 4) is 11.5 Å². The molecule has 3 aliphatic rings. The Labute approximate surface area is 180 Å². The number of urea groups is 1. The number of nitrogens with zero attached hydrogens (tertiary/aromatic N) is 1. The number of nitrogens with one attached hydrogen (secondary N) is 2. The molecule has 2 heterocycles. The lowest BCUT2D eigenvalue weighted by atomic mass is 9.77. The van der Waals surface area contributed by atoms with Gasteiger partial charge in [-0.05, 0) is 49.8 Å². The molecule has 166 valence electrons. The van der Waals surface area contributed by atoms with Crippen LogP contribution in [0.3, 0.4) is 0 Å². The maximum absolute atomic E-state index is 12.8. The molecule has 0 radical (unpaired) electrons. The van der Waals surface area contributed by atoms with Crippen LogP contribution < -0.4 is 20.2 Å². The minimum atomic E-state index is -0.920. The minimum absolute atomic E-state index is 0.0578. The number of amides is 4. The highest BCUT2D eigenvalue weighted by Gasteiger charge is 2.52. The number of carbonyl (C=O) groups excluding carboxylic acids is 4. The monoisotopic (exact) mass is 429 g/mol. The number of ether oxygens (including phenoxy) is 2. The van der Waals surface area contributed by atoms with Crippen molar-refractivity contribution >= 4 is 23.6 Å². The summed E-state index contributed by atoms with van der Waals surface area (Å²) in [5.41, 5.74) is 1.86. The van der Waals surface area contributed by atoms with Crippen molar-refractivity contribution < 1.29 is 28.7 Å². The zero-order chi connectivity index (χ0) is 22.0. The molecule has 1 aliphatic carbocycles. The van der Waals surface area contributed by atoms with E-state index in [1.807, 2.05) is 0 Å². The van der Waals surface area contributed by atoms with Gasteiger partial charge in [-0.25, -0.2) is 4.79 Å². The summed E-state index contributed by atoms with van der Waals surface area (Å²) >= 11 is 0. The van der Waals surface area contributed by atoms with Crippen molar-refractivity contribution in [3.05, 3.63) is 23.8 Å². The summed E-state index contributed by atoms with van der Waals surface area (Å²) in [5, 5.41) is 3.51. The van der Waals surface area contributed by atoms with E-state index < -0.39 is 23.4 Å². The van der Waals surface area contributed by atoms with E-state index in [1.165, 1.54) is 0 Å². The highest BCUT2D eigenvalue weighted by atomic mass is 16.5. The number of benzene rings is 1. The highest BCUT2D eigenvalue weighted by Crippen LogP contribution is 2.36. The number of ketones is 1. The van der Waals surface area contributed by atoms with Crippen LogP contribution in [-0.4, -0.2) is 47.4 Å². The van der Waals surface area contributed by atoms with Crippen LogP contribution in [0.15, 0.2) is 18.2 Å². The van der Waals surface area contributed by atoms with Crippen molar-refractivity contribution in [2.75, 3.05) is 13.2 Å². The van der Waals surface area contributed by atoms with Crippen molar-refractivity contribution in [2.24, 2.45) is 5.92 Å². The van der Waals surface area contributed by atoms with Gasteiger partial charge >= 0.3 is 6.03 Å². The first-order valence-corrected chi connectivity index (χ1v) is 10.8. The molecule has 4 amide bonds. The molecule has 2 aliphatic heterocycles. The lowest BCUT2D eigenvalue weighted by Crippen LogP contribution is -2.51. The fourth-order valence-corrected chi connectivity index (χ4v) is 4.20. The Balaban J connectivity index is 1.32. The first-order valence-electron chi connectivity index (χ1n) is 10.8. The van der Waals surface area contributed by atoms with E-state index in [-0.39, 0.29) is 18.6 Å². The van der Waals surface area contributed by atoms with Gasteiger partial charge in [-0.3, -0.25) is 19.8 Å². The molecular weight excluding hydrogens is 402 g/mol. The van der Waals surface area contributed by atoms with Crippen molar-refractivity contribution in [1.82, 2.24) is 15.8 Å². The lowest BCUT2D eigenvalue weighted by molar-refractivity contribution is -0.140. The van der Waals surface area contributed by atoms with Crippen LogP contribution in [0.4, 0.5) is 4.79 Å². The molecule has 9 heteroatoms. The van der Waals surface area contributed by atoms with Crippen LogP contribution in [0.2, 0.25) is 0 Å². The molecule has 2 fully saturated rings. The SMILES string of the molecule is CC1CCC2(CC1)NC(=O)N(NC(=O)CCC(=O)c1ccc3c(c1)OCCCO3)C2=O. The molecule has 9 nitrogen and oxygen atoms in total. The van der Waals surface area contributed by atoms with Gasteiger partial charge in [0.2, 0.25) is 5.91 Å². The summed E-state index contributed by atoms with van der Waals surface area (Å²) < 4.78 is 11.1. The topological polar surface area (TPSA) is 114 Å². The van der Waals surface area contributed by atoms with Gasteiger partial charge in [0.15, 0.2) is 17.3 Å². The van der Waals surface area contributed by atoms with Gasteiger partial charge in [-0.1, -0.05) is 6.92 Å². The fourth-order valence-electron chi connectivity index (χ4n) is 4.20. The number of Topliss-reactive ketones (excluding diaryl/α,β-unsaturated/α-hetero) is 1. The number of fused-ring (bicyclic) bond motifs is 1. The quantitative estimate of drug-likeness (QED) is 0.549. The van der Waals surface area contributed by atoms with E-state index in [9.17, 15) is 19.2 Å². The van der Waals surface area contributed by atoms with Crippen LogP contribution in [0.25, 0.3) is 0 Å². The van der Waals surface area contributed by atoms with E-state index in [1.54, 1.807) is 18.2 Å². The average Bonchev–Trinajstić information content (AvgIpc) is 2.93. The summed E-state index contributed by atoms with van der Waals surface area (Å²) in [6, 6.07) is 4.32. The average molecular weight is 429 g/mol. The second kappa shape index (κ2) is 8.56. The largest absolute Gasteiger partial charge is 0.490 e. The molecule has 0 bridgehead atoms. The summed E-state index contributed by atoms with van der Waals surface area (Å²) in [7, 11) is 0. The Kier molecular flexibility index (Phi) is 5.84. The van der Waals surface area contributed by atoms with E-state index in [2.05, 4.69) is 17.7 Å². The van der Waals surface area contributed by atoms with E-state index in [4.69, 9.17) is 9.47 Å². The second-order valence-electron chi connectivity index (χ2n) is 8.51. The predicted molar refractivity (Wildman–Crippen MR) is 109 cm³/mol. The molecule has 1 spiro atoms. The van der Waals surface area contributed by atoms with Crippen molar-refractivity contribution in [3.63, 3.8) is 0 Å². The molecule has 4 rings (SSSR count). The van der Waals surface area contributed by atoms with E-state index in [0.717, 1.165) is 24.3 Å². The van der Waals surface area contributed by atoms with Gasteiger partial charge in [0, 0.05) is 24.8 Å². The predicted octanol–water partition coefficient (Wildman–Crippen LogP) is 2.34. The Morgan fingerprint density at radius 1 is 1.13 bits per heavy atom. The fraction of sp³-hybridized carbons (Fsp3) is 0.545. The molecule has 1 saturated carbocycles. The van der Waals surface area contributed by atoms with Gasteiger partial charge < -0.3 is 14.8 Å².